The Morgan fingerprint density at radius 1 is 1.32 bits per heavy atom. The number of nitrogens with two attached hydrogens (primary N) is 1. The molecule has 22 heavy (non-hydrogen) atoms. The van der Waals surface area contributed by atoms with Gasteiger partial charge in [0.05, 0.1) is 12.8 Å². The van der Waals surface area contributed by atoms with Crippen LogP contribution in [0.15, 0.2) is 24.3 Å². The summed E-state index contributed by atoms with van der Waals surface area (Å²) in [5.74, 6) is 1.94. The van der Waals surface area contributed by atoms with Crippen molar-refractivity contribution in [3.05, 3.63) is 24.3 Å². The molecule has 0 saturated carbocycles. The van der Waals surface area contributed by atoms with Crippen LogP contribution in [-0.2, 0) is 0 Å². The lowest BCUT2D eigenvalue weighted by molar-refractivity contribution is 0.111. The van der Waals surface area contributed by atoms with Crippen LogP contribution in [0.25, 0.3) is 11.3 Å². The number of H-pyrrole nitrogens is 1. The average Bonchev–Trinajstić information content (AvgIpc) is 2.96. The molecule has 0 spiro atoms. The summed E-state index contributed by atoms with van der Waals surface area (Å²) in [7, 11) is 3.79. The fourth-order valence-corrected chi connectivity index (χ4v) is 2.75. The highest BCUT2D eigenvalue weighted by Crippen LogP contribution is 2.39. The first-order chi connectivity index (χ1) is 10.7. The Hall–Kier alpha value is -2.21. The number of aromatic amines is 1. The second-order valence-corrected chi connectivity index (χ2v) is 5.66. The van der Waals surface area contributed by atoms with Crippen molar-refractivity contribution in [2.45, 2.75) is 18.9 Å². The fraction of sp³-hybridized carbons (Fsp3) is 0.438. The molecule has 0 unspecified atom stereocenters. The zero-order valence-electron chi connectivity index (χ0n) is 13.0. The van der Waals surface area contributed by atoms with Crippen LogP contribution in [0.5, 0.6) is 11.5 Å². The third-order valence-corrected chi connectivity index (χ3v) is 4.04. The van der Waals surface area contributed by atoms with Crippen LogP contribution < -0.4 is 15.2 Å². The van der Waals surface area contributed by atoms with Crippen molar-refractivity contribution >= 4 is 5.82 Å². The van der Waals surface area contributed by atoms with E-state index in [4.69, 9.17) is 15.2 Å². The van der Waals surface area contributed by atoms with Crippen molar-refractivity contribution in [1.29, 1.82) is 0 Å². The number of aromatic nitrogens is 2. The van der Waals surface area contributed by atoms with E-state index in [2.05, 4.69) is 22.1 Å². The summed E-state index contributed by atoms with van der Waals surface area (Å²) < 4.78 is 11.8. The summed E-state index contributed by atoms with van der Waals surface area (Å²) in [6.07, 6.45) is 2.23. The molecule has 1 aliphatic rings. The molecule has 118 valence electrons. The third-order valence-electron chi connectivity index (χ3n) is 4.04. The van der Waals surface area contributed by atoms with Crippen LogP contribution in [0, 0.1) is 0 Å². The van der Waals surface area contributed by atoms with Gasteiger partial charge in [-0.3, -0.25) is 5.10 Å². The second kappa shape index (κ2) is 6.27. The number of piperidine rings is 1. The van der Waals surface area contributed by atoms with Gasteiger partial charge in [-0.05, 0) is 32.0 Å². The zero-order valence-corrected chi connectivity index (χ0v) is 13.0. The van der Waals surface area contributed by atoms with E-state index in [1.165, 1.54) is 0 Å². The van der Waals surface area contributed by atoms with Crippen LogP contribution in [-0.4, -0.2) is 48.4 Å². The monoisotopic (exact) mass is 302 g/mol. The summed E-state index contributed by atoms with van der Waals surface area (Å²) >= 11 is 0. The molecule has 0 atom stereocenters. The van der Waals surface area contributed by atoms with Crippen LogP contribution >= 0.6 is 0 Å². The highest BCUT2D eigenvalue weighted by atomic mass is 16.5. The molecule has 1 aliphatic heterocycles. The smallest absolute Gasteiger partial charge is 0.170 e. The van der Waals surface area contributed by atoms with Gasteiger partial charge in [0.15, 0.2) is 11.5 Å². The highest BCUT2D eigenvalue weighted by molar-refractivity contribution is 5.72. The minimum atomic E-state index is 0.200. The van der Waals surface area contributed by atoms with Gasteiger partial charge < -0.3 is 20.1 Å². The van der Waals surface area contributed by atoms with E-state index in [1.807, 2.05) is 18.2 Å². The standard InChI is InChI=1S/C16H22N4O2/c1-20-8-6-11(7-9-20)22-16-12(4-3-5-14(16)21-2)13-10-15(17)19-18-13/h3-5,10-11H,6-9H2,1-2H3,(H3,17,18,19). The van der Waals surface area contributed by atoms with Gasteiger partial charge in [0.25, 0.3) is 0 Å². The largest absolute Gasteiger partial charge is 0.493 e. The Kier molecular flexibility index (Phi) is 4.20. The molecule has 6 heteroatoms. The van der Waals surface area contributed by atoms with E-state index >= 15 is 0 Å². The number of nitrogens with one attached hydrogen (secondary N) is 1. The molecule has 2 aromatic rings. The lowest BCUT2D eigenvalue weighted by Gasteiger charge is -2.30. The normalized spacial score (nSPS) is 16.6. The number of hydrogen-bond donors (Lipinski definition) is 2. The minimum Gasteiger partial charge on any atom is -0.493 e. The molecule has 0 radical (unpaired) electrons. The van der Waals surface area contributed by atoms with Crippen molar-refractivity contribution in [3.8, 4) is 22.8 Å². The van der Waals surface area contributed by atoms with Crippen LogP contribution in [0.3, 0.4) is 0 Å². The molecular weight excluding hydrogens is 280 g/mol. The van der Waals surface area contributed by atoms with E-state index < -0.39 is 0 Å². The van der Waals surface area contributed by atoms with Gasteiger partial charge in [-0.2, -0.15) is 5.10 Å². The summed E-state index contributed by atoms with van der Waals surface area (Å²) in [4.78, 5) is 2.32. The molecule has 0 bridgehead atoms. The molecular formula is C16H22N4O2. The summed E-state index contributed by atoms with van der Waals surface area (Å²) in [6, 6.07) is 7.64. The summed E-state index contributed by atoms with van der Waals surface area (Å²) in [6.45, 7) is 2.10. The predicted molar refractivity (Wildman–Crippen MR) is 86.1 cm³/mol. The van der Waals surface area contributed by atoms with Gasteiger partial charge in [0.1, 0.15) is 11.9 Å². The summed E-state index contributed by atoms with van der Waals surface area (Å²) in [5, 5.41) is 6.94. The molecule has 1 saturated heterocycles. The topological polar surface area (TPSA) is 76.4 Å². The third kappa shape index (κ3) is 3.01. The molecule has 0 amide bonds. The number of hydrogen-bond acceptors (Lipinski definition) is 5. The van der Waals surface area contributed by atoms with Crippen molar-refractivity contribution < 1.29 is 9.47 Å². The number of para-hydroxylation sites is 1. The quantitative estimate of drug-likeness (QED) is 0.905. The molecule has 6 nitrogen and oxygen atoms in total. The van der Waals surface area contributed by atoms with E-state index in [9.17, 15) is 0 Å². The van der Waals surface area contributed by atoms with Gasteiger partial charge in [0, 0.05) is 24.7 Å². The fourth-order valence-electron chi connectivity index (χ4n) is 2.75. The Bertz CT molecular complexity index is 633. The average molecular weight is 302 g/mol. The van der Waals surface area contributed by atoms with E-state index in [1.54, 1.807) is 13.2 Å². The predicted octanol–water partition coefficient (Wildman–Crippen LogP) is 2.14. The molecule has 3 rings (SSSR count). The van der Waals surface area contributed by atoms with Crippen LogP contribution in [0.1, 0.15) is 12.8 Å². The maximum atomic E-state index is 6.28. The molecule has 1 aromatic carbocycles. The lowest BCUT2D eigenvalue weighted by atomic mass is 10.1. The first-order valence-corrected chi connectivity index (χ1v) is 7.51. The van der Waals surface area contributed by atoms with Crippen molar-refractivity contribution in [3.63, 3.8) is 0 Å². The Morgan fingerprint density at radius 2 is 2.09 bits per heavy atom. The van der Waals surface area contributed by atoms with E-state index in [0.29, 0.717) is 5.82 Å². The van der Waals surface area contributed by atoms with Gasteiger partial charge >= 0.3 is 0 Å². The number of benzene rings is 1. The van der Waals surface area contributed by atoms with Gasteiger partial charge in [-0.15, -0.1) is 0 Å². The second-order valence-electron chi connectivity index (χ2n) is 5.66. The van der Waals surface area contributed by atoms with Crippen molar-refractivity contribution in [2.75, 3.05) is 33.0 Å². The Balaban J connectivity index is 1.90. The molecule has 3 N–H and O–H groups in total. The SMILES string of the molecule is COc1cccc(-c2cc(N)n[nH]2)c1OC1CCN(C)CC1. The van der Waals surface area contributed by atoms with E-state index in [0.717, 1.165) is 48.7 Å². The number of likely N-dealkylation sites (tertiary alicyclic amines) is 1. The lowest BCUT2D eigenvalue weighted by Crippen LogP contribution is -2.35. The number of ether oxygens (including phenoxy) is 2. The van der Waals surface area contributed by atoms with E-state index in [-0.39, 0.29) is 6.10 Å². The molecule has 1 aromatic heterocycles. The van der Waals surface area contributed by atoms with Crippen LogP contribution in [0.2, 0.25) is 0 Å². The number of nitrogens with zero attached hydrogens (tertiary/aromatic N) is 2. The van der Waals surface area contributed by atoms with Crippen molar-refractivity contribution in [1.82, 2.24) is 15.1 Å². The Labute approximate surface area is 130 Å². The van der Waals surface area contributed by atoms with Crippen LogP contribution in [0.4, 0.5) is 5.82 Å². The number of rotatable bonds is 4. The first-order valence-electron chi connectivity index (χ1n) is 7.51. The van der Waals surface area contributed by atoms with Gasteiger partial charge in [-0.25, -0.2) is 0 Å². The number of methoxy groups -OCH3 is 1. The molecule has 0 aliphatic carbocycles. The maximum Gasteiger partial charge on any atom is 0.170 e. The molecule has 2 heterocycles. The number of nitrogen functional groups attached to an aromatic ring is 1. The summed E-state index contributed by atoms with van der Waals surface area (Å²) in [5.41, 5.74) is 7.47. The Morgan fingerprint density at radius 3 is 2.73 bits per heavy atom. The highest BCUT2D eigenvalue weighted by Gasteiger charge is 2.22. The number of anilines is 1. The van der Waals surface area contributed by atoms with Crippen molar-refractivity contribution in [2.24, 2.45) is 0 Å². The van der Waals surface area contributed by atoms with Gasteiger partial charge in [0.2, 0.25) is 0 Å². The maximum absolute atomic E-state index is 6.28. The van der Waals surface area contributed by atoms with Gasteiger partial charge in [-0.1, -0.05) is 6.07 Å². The first kappa shape index (κ1) is 14.7. The molecule has 1 fully saturated rings. The minimum absolute atomic E-state index is 0.200. The zero-order chi connectivity index (χ0) is 15.5.